The Balaban J connectivity index is 1.16. The number of carbonyl (C=O) groups excluding carboxylic acids is 5. The van der Waals surface area contributed by atoms with Crippen LogP contribution >= 0.6 is 0 Å². The molecular formula is C27H29N3O8. The molecule has 0 bridgehead atoms. The van der Waals surface area contributed by atoms with E-state index >= 15 is 0 Å². The van der Waals surface area contributed by atoms with Gasteiger partial charge < -0.3 is 19.5 Å². The first-order valence-corrected chi connectivity index (χ1v) is 12.4. The van der Waals surface area contributed by atoms with Crippen molar-refractivity contribution < 1.29 is 38.2 Å². The van der Waals surface area contributed by atoms with Gasteiger partial charge in [0.15, 0.2) is 0 Å². The zero-order valence-electron chi connectivity index (χ0n) is 20.8. The summed E-state index contributed by atoms with van der Waals surface area (Å²) in [5, 5.41) is 4.82. The van der Waals surface area contributed by atoms with E-state index in [-0.39, 0.29) is 42.7 Å². The third kappa shape index (κ3) is 6.49. The first-order valence-electron chi connectivity index (χ1n) is 12.4. The van der Waals surface area contributed by atoms with E-state index in [2.05, 4.69) is 10.6 Å². The Hall–Kier alpha value is -3.93. The minimum atomic E-state index is -1.10. The van der Waals surface area contributed by atoms with E-state index in [1.165, 1.54) is 18.2 Å². The van der Waals surface area contributed by atoms with Crippen LogP contribution in [0.1, 0.15) is 49.5 Å². The van der Waals surface area contributed by atoms with Gasteiger partial charge in [0.2, 0.25) is 11.8 Å². The Labute approximate surface area is 219 Å². The second kappa shape index (κ2) is 13.0. The summed E-state index contributed by atoms with van der Waals surface area (Å²) in [4.78, 5) is 63.3. The van der Waals surface area contributed by atoms with Crippen molar-refractivity contribution in [2.24, 2.45) is 0 Å². The van der Waals surface area contributed by atoms with Crippen molar-refractivity contribution >= 4 is 29.5 Å². The highest BCUT2D eigenvalue weighted by atomic mass is 16.5. The van der Waals surface area contributed by atoms with Crippen molar-refractivity contribution in [2.45, 2.75) is 25.5 Å². The Morgan fingerprint density at radius 3 is 2.32 bits per heavy atom. The number of fused-ring (bicyclic) bond motifs is 1. The Morgan fingerprint density at radius 1 is 0.868 bits per heavy atom. The van der Waals surface area contributed by atoms with Crippen LogP contribution < -0.4 is 10.6 Å². The highest BCUT2D eigenvalue weighted by Gasteiger charge is 2.46. The summed E-state index contributed by atoms with van der Waals surface area (Å²) in [6.45, 7) is 2.55. The monoisotopic (exact) mass is 523 g/mol. The van der Waals surface area contributed by atoms with Crippen LogP contribution in [-0.2, 0) is 30.4 Å². The molecule has 0 spiro atoms. The largest absolute Gasteiger partial charge is 0.377 e. The fraction of sp³-hybridized carbons (Fsp3) is 0.370. The van der Waals surface area contributed by atoms with Crippen LogP contribution in [0, 0.1) is 0 Å². The van der Waals surface area contributed by atoms with E-state index in [1.54, 1.807) is 0 Å². The van der Waals surface area contributed by atoms with E-state index in [4.69, 9.17) is 14.2 Å². The van der Waals surface area contributed by atoms with Crippen molar-refractivity contribution in [3.05, 3.63) is 70.8 Å². The third-order valence-corrected chi connectivity index (χ3v) is 6.10. The lowest BCUT2D eigenvalue weighted by atomic mass is 10.0. The Kier molecular flexibility index (Phi) is 9.30. The molecule has 1 fully saturated rings. The third-order valence-electron chi connectivity index (χ3n) is 6.10. The van der Waals surface area contributed by atoms with E-state index in [9.17, 15) is 24.0 Å². The van der Waals surface area contributed by atoms with Crippen molar-refractivity contribution in [1.82, 2.24) is 15.5 Å². The lowest BCUT2D eigenvalue weighted by molar-refractivity contribution is -0.136. The molecule has 0 radical (unpaired) electrons. The van der Waals surface area contributed by atoms with Crippen LogP contribution in [0.3, 0.4) is 0 Å². The lowest BCUT2D eigenvalue weighted by Gasteiger charge is -2.27. The van der Waals surface area contributed by atoms with Crippen LogP contribution in [0.25, 0.3) is 0 Å². The van der Waals surface area contributed by atoms with Gasteiger partial charge in [-0.05, 0) is 24.1 Å². The first kappa shape index (κ1) is 27.1. The topological polar surface area (TPSA) is 140 Å². The normalized spacial score (nSPS) is 16.9. The molecule has 4 rings (SSSR count). The summed E-state index contributed by atoms with van der Waals surface area (Å²) in [7, 11) is 0. The average molecular weight is 524 g/mol. The molecule has 5 amide bonds. The predicted molar refractivity (Wildman–Crippen MR) is 133 cm³/mol. The van der Waals surface area contributed by atoms with Crippen molar-refractivity contribution in [2.75, 3.05) is 39.6 Å². The molecular weight excluding hydrogens is 494 g/mol. The van der Waals surface area contributed by atoms with Crippen molar-refractivity contribution in [1.29, 1.82) is 0 Å². The zero-order chi connectivity index (χ0) is 26.9. The van der Waals surface area contributed by atoms with Gasteiger partial charge in [-0.15, -0.1) is 0 Å². The molecule has 11 heteroatoms. The van der Waals surface area contributed by atoms with Crippen LogP contribution in [0.4, 0.5) is 0 Å². The lowest BCUT2D eigenvalue weighted by Crippen LogP contribution is -2.54. The number of rotatable bonds is 13. The molecule has 11 nitrogen and oxygen atoms in total. The smallest absolute Gasteiger partial charge is 0.263 e. The summed E-state index contributed by atoms with van der Waals surface area (Å²) in [6.07, 6.45) is 0.0592. The Morgan fingerprint density at radius 2 is 1.58 bits per heavy atom. The maximum absolute atomic E-state index is 13.1. The second-order valence-corrected chi connectivity index (χ2v) is 8.69. The number of ether oxygens (including phenoxy) is 3. The quantitative estimate of drug-likeness (QED) is 0.294. The summed E-state index contributed by atoms with van der Waals surface area (Å²) in [5.41, 5.74) is 1.13. The molecule has 38 heavy (non-hydrogen) atoms. The maximum atomic E-state index is 13.1. The number of piperidine rings is 1. The van der Waals surface area contributed by atoms with Crippen molar-refractivity contribution in [3.8, 4) is 0 Å². The number of amides is 5. The maximum Gasteiger partial charge on any atom is 0.263 e. The number of nitrogens with one attached hydrogen (secondary N) is 2. The number of imide groups is 2. The molecule has 1 saturated heterocycles. The minimum Gasteiger partial charge on any atom is -0.377 e. The van der Waals surface area contributed by atoms with E-state index in [0.717, 1.165) is 10.5 Å². The van der Waals surface area contributed by atoms with E-state index in [1.807, 2.05) is 30.3 Å². The summed E-state index contributed by atoms with van der Waals surface area (Å²) in [6, 6.07) is 13.1. The summed E-state index contributed by atoms with van der Waals surface area (Å²) >= 11 is 0. The number of nitrogens with zero attached hydrogens (tertiary/aromatic N) is 1. The SMILES string of the molecule is O=C1CCC(N2C(=O)c3cccc(C(=O)NCCOCCOCCOCc4ccccc4)c3C2=O)C(=O)N1. The summed E-state index contributed by atoms with van der Waals surface area (Å²) < 4.78 is 16.5. The fourth-order valence-corrected chi connectivity index (χ4v) is 4.24. The van der Waals surface area contributed by atoms with Gasteiger partial charge in [0.25, 0.3) is 17.7 Å². The molecule has 2 aromatic carbocycles. The highest BCUT2D eigenvalue weighted by molar-refractivity contribution is 6.26. The highest BCUT2D eigenvalue weighted by Crippen LogP contribution is 2.29. The van der Waals surface area contributed by atoms with Crippen molar-refractivity contribution in [3.63, 3.8) is 0 Å². The second-order valence-electron chi connectivity index (χ2n) is 8.69. The fourth-order valence-electron chi connectivity index (χ4n) is 4.24. The molecule has 2 aliphatic heterocycles. The minimum absolute atomic E-state index is 0.0181. The van der Waals surface area contributed by atoms with E-state index in [0.29, 0.717) is 33.0 Å². The molecule has 1 unspecified atom stereocenters. The standard InChI is InChI=1S/C27H29N3O8/c31-22-10-9-21(25(33)29-22)30-26(34)20-8-4-7-19(23(20)27(30)35)24(32)28-11-12-36-13-14-37-15-16-38-17-18-5-2-1-3-6-18/h1-8,21H,9-17H2,(H,28,32)(H,29,31,33). The van der Waals surface area contributed by atoms with Gasteiger partial charge >= 0.3 is 0 Å². The van der Waals surface area contributed by atoms with Gasteiger partial charge in [-0.3, -0.25) is 34.2 Å². The van der Waals surface area contributed by atoms with Gasteiger partial charge in [-0.25, -0.2) is 0 Å². The van der Waals surface area contributed by atoms with Crippen LogP contribution in [-0.4, -0.2) is 80.1 Å². The van der Waals surface area contributed by atoms with Gasteiger partial charge in [-0.1, -0.05) is 36.4 Å². The zero-order valence-corrected chi connectivity index (χ0v) is 20.8. The average Bonchev–Trinajstić information content (AvgIpc) is 3.17. The molecule has 2 N–H and O–H groups in total. The molecule has 200 valence electrons. The molecule has 0 aromatic heterocycles. The number of hydrogen-bond acceptors (Lipinski definition) is 8. The van der Waals surface area contributed by atoms with Crippen LogP contribution in [0.5, 0.6) is 0 Å². The molecule has 2 heterocycles. The Bertz CT molecular complexity index is 1200. The molecule has 0 aliphatic carbocycles. The van der Waals surface area contributed by atoms with Gasteiger partial charge in [0.1, 0.15) is 6.04 Å². The van der Waals surface area contributed by atoms with Crippen LogP contribution in [0.2, 0.25) is 0 Å². The molecule has 0 saturated carbocycles. The van der Waals surface area contributed by atoms with Crippen LogP contribution in [0.15, 0.2) is 48.5 Å². The summed E-state index contributed by atoms with van der Waals surface area (Å²) in [5.74, 6) is -3.09. The van der Waals surface area contributed by atoms with Gasteiger partial charge in [0.05, 0.1) is 56.3 Å². The first-order chi connectivity index (χ1) is 18.5. The van der Waals surface area contributed by atoms with Gasteiger partial charge in [-0.2, -0.15) is 0 Å². The number of benzene rings is 2. The molecule has 1 atom stereocenters. The predicted octanol–water partition coefficient (Wildman–Crippen LogP) is 1.07. The van der Waals surface area contributed by atoms with E-state index < -0.39 is 35.6 Å². The number of carbonyl (C=O) groups is 5. The van der Waals surface area contributed by atoms with Gasteiger partial charge in [0, 0.05) is 13.0 Å². The molecule has 2 aliphatic rings. The number of hydrogen-bond donors (Lipinski definition) is 2. The molecule has 2 aromatic rings.